The number of ether oxygens (including phenoxy) is 2. The third kappa shape index (κ3) is 8.22. The maximum absolute atomic E-state index is 14.6. The SMILES string of the molecule is C=CC(=O)CC1CN(C(=O)CN2CCCC2)CC1Nc1ncc2cc(-c3c(Cl)c(OC)cc(OC)c3Cl)c(=O)n(CC3CCN(C(=O)C=C)CC3)c2n1. The second-order valence-corrected chi connectivity index (χ2v) is 14.6. The Morgan fingerprint density at radius 2 is 1.64 bits per heavy atom. The zero-order chi connectivity index (χ0) is 37.8. The lowest BCUT2D eigenvalue weighted by Gasteiger charge is -2.31. The van der Waals surface area contributed by atoms with Gasteiger partial charge in [-0.15, -0.1) is 0 Å². The predicted molar refractivity (Wildman–Crippen MR) is 205 cm³/mol. The minimum atomic E-state index is -0.375. The van der Waals surface area contributed by atoms with E-state index in [0.29, 0.717) is 63.1 Å². The molecule has 3 aliphatic heterocycles. The van der Waals surface area contributed by atoms with Gasteiger partial charge in [0, 0.05) is 68.3 Å². The summed E-state index contributed by atoms with van der Waals surface area (Å²) in [4.78, 5) is 68.0. The van der Waals surface area contributed by atoms with Crippen molar-refractivity contribution in [2.45, 2.75) is 44.7 Å². The first-order valence-electron chi connectivity index (χ1n) is 17.9. The number of nitrogens with zero attached hydrogens (tertiary/aromatic N) is 6. The highest BCUT2D eigenvalue weighted by Gasteiger charge is 2.37. The van der Waals surface area contributed by atoms with Crippen LogP contribution in [0.15, 0.2) is 48.4 Å². The summed E-state index contributed by atoms with van der Waals surface area (Å²) in [6.07, 6.45) is 7.98. The summed E-state index contributed by atoms with van der Waals surface area (Å²) in [5.74, 6) is 0.502. The number of aromatic nitrogens is 3. The van der Waals surface area contributed by atoms with E-state index in [9.17, 15) is 19.2 Å². The van der Waals surface area contributed by atoms with Crippen LogP contribution in [0.2, 0.25) is 10.0 Å². The van der Waals surface area contributed by atoms with Crippen molar-refractivity contribution >= 4 is 57.8 Å². The van der Waals surface area contributed by atoms with Crippen molar-refractivity contribution in [3.05, 3.63) is 64.0 Å². The van der Waals surface area contributed by atoms with Crippen LogP contribution < -0.4 is 20.3 Å². The number of piperidine rings is 1. The molecule has 2 unspecified atom stereocenters. The van der Waals surface area contributed by atoms with Crippen LogP contribution in [0, 0.1) is 11.8 Å². The largest absolute Gasteiger partial charge is 0.495 e. The molecule has 5 heterocycles. The van der Waals surface area contributed by atoms with Gasteiger partial charge < -0.3 is 24.6 Å². The number of ketones is 1. The van der Waals surface area contributed by atoms with Crippen LogP contribution in [0.25, 0.3) is 22.2 Å². The summed E-state index contributed by atoms with van der Waals surface area (Å²) >= 11 is 13.6. The van der Waals surface area contributed by atoms with Gasteiger partial charge in [0.15, 0.2) is 5.78 Å². The first kappa shape index (κ1) is 38.3. The summed E-state index contributed by atoms with van der Waals surface area (Å²) in [5.41, 5.74) is 0.499. The quantitative estimate of drug-likeness (QED) is 0.244. The Balaban J connectivity index is 1.37. The standard InChI is InChI=1S/C38H45Cl2N7O6/c1-5-26(48)15-25-20-46(32(50)22-44-11-7-8-12-44)21-28(25)42-38-41-18-24-16-27(33-34(39)29(52-3)17-30(53-4)35(33)40)37(51)47(36(24)43-38)19-23-9-13-45(14-10-23)31(49)6-2/h5-6,16-18,23,25,28H,1-2,7-15,19-22H2,3-4H3,(H,41,42,43). The third-order valence-electron chi connectivity index (χ3n) is 10.6. The molecule has 6 rings (SSSR count). The number of methoxy groups -OCH3 is 2. The summed E-state index contributed by atoms with van der Waals surface area (Å²) in [5, 5.41) is 4.27. The number of rotatable bonds is 13. The zero-order valence-corrected chi connectivity index (χ0v) is 31.6. The van der Waals surface area contributed by atoms with Crippen molar-refractivity contribution in [2.75, 3.05) is 65.3 Å². The van der Waals surface area contributed by atoms with Gasteiger partial charge in [-0.25, -0.2) is 4.98 Å². The Morgan fingerprint density at radius 1 is 0.962 bits per heavy atom. The molecule has 3 fully saturated rings. The summed E-state index contributed by atoms with van der Waals surface area (Å²) in [6.45, 7) is 11.6. The van der Waals surface area contributed by atoms with E-state index in [4.69, 9.17) is 37.7 Å². The molecular weight excluding hydrogens is 721 g/mol. The number of pyridine rings is 1. The lowest BCUT2D eigenvalue weighted by molar-refractivity contribution is -0.131. The van der Waals surface area contributed by atoms with Gasteiger partial charge in [0.2, 0.25) is 17.8 Å². The molecule has 0 spiro atoms. The smallest absolute Gasteiger partial charge is 0.260 e. The highest BCUT2D eigenvalue weighted by atomic mass is 35.5. The number of nitrogens with one attached hydrogen (secondary N) is 1. The molecule has 282 valence electrons. The molecule has 15 heteroatoms. The molecule has 0 bridgehead atoms. The molecule has 2 amide bonds. The van der Waals surface area contributed by atoms with Gasteiger partial charge in [0.25, 0.3) is 5.56 Å². The van der Waals surface area contributed by atoms with Crippen LogP contribution in [0.3, 0.4) is 0 Å². The van der Waals surface area contributed by atoms with E-state index in [1.807, 2.05) is 0 Å². The Bertz CT molecular complexity index is 1940. The van der Waals surface area contributed by atoms with E-state index in [1.54, 1.807) is 32.7 Å². The van der Waals surface area contributed by atoms with Crippen LogP contribution in [0.4, 0.5) is 5.95 Å². The maximum Gasteiger partial charge on any atom is 0.260 e. The molecule has 1 aromatic carbocycles. The van der Waals surface area contributed by atoms with Crippen molar-refractivity contribution in [1.82, 2.24) is 29.2 Å². The minimum Gasteiger partial charge on any atom is -0.495 e. The third-order valence-corrected chi connectivity index (χ3v) is 11.3. The van der Waals surface area contributed by atoms with Gasteiger partial charge in [0.1, 0.15) is 17.1 Å². The van der Waals surface area contributed by atoms with E-state index < -0.39 is 0 Å². The first-order valence-corrected chi connectivity index (χ1v) is 18.6. The number of hydrogen-bond acceptors (Lipinski definition) is 10. The molecule has 0 saturated carbocycles. The van der Waals surface area contributed by atoms with Gasteiger partial charge in [-0.05, 0) is 62.9 Å². The number of carbonyl (C=O) groups is 3. The molecule has 3 aliphatic rings. The van der Waals surface area contributed by atoms with Crippen molar-refractivity contribution in [2.24, 2.45) is 11.8 Å². The average molecular weight is 767 g/mol. The van der Waals surface area contributed by atoms with Crippen molar-refractivity contribution in [1.29, 1.82) is 0 Å². The van der Waals surface area contributed by atoms with Crippen LogP contribution in [-0.4, -0.2) is 113 Å². The van der Waals surface area contributed by atoms with E-state index in [1.165, 1.54) is 26.4 Å². The van der Waals surface area contributed by atoms with E-state index in [2.05, 4.69) is 28.4 Å². The van der Waals surface area contributed by atoms with E-state index in [0.717, 1.165) is 25.9 Å². The van der Waals surface area contributed by atoms with Gasteiger partial charge in [-0.3, -0.25) is 28.6 Å². The van der Waals surface area contributed by atoms with Crippen molar-refractivity contribution in [3.8, 4) is 22.6 Å². The maximum atomic E-state index is 14.6. The molecule has 0 aliphatic carbocycles. The minimum absolute atomic E-state index is 0.0281. The lowest BCUT2D eigenvalue weighted by atomic mass is 9.96. The van der Waals surface area contributed by atoms with Crippen molar-refractivity contribution < 1.29 is 23.9 Å². The first-order chi connectivity index (χ1) is 25.5. The molecule has 53 heavy (non-hydrogen) atoms. The zero-order valence-electron chi connectivity index (χ0n) is 30.1. The highest BCUT2D eigenvalue weighted by Crippen LogP contribution is 2.45. The second-order valence-electron chi connectivity index (χ2n) is 13.9. The second kappa shape index (κ2) is 16.7. The molecule has 13 nitrogen and oxygen atoms in total. The number of hydrogen-bond donors (Lipinski definition) is 1. The monoisotopic (exact) mass is 765 g/mol. The molecule has 0 radical (unpaired) electrons. The van der Waals surface area contributed by atoms with E-state index >= 15 is 0 Å². The van der Waals surface area contributed by atoms with Crippen LogP contribution in [0.5, 0.6) is 11.5 Å². The average Bonchev–Trinajstić information content (AvgIpc) is 3.83. The number of benzene rings is 1. The van der Waals surface area contributed by atoms with Crippen LogP contribution >= 0.6 is 23.2 Å². The number of anilines is 1. The number of likely N-dealkylation sites (tertiary alicyclic amines) is 3. The van der Waals surface area contributed by atoms with Crippen LogP contribution in [0.1, 0.15) is 32.1 Å². The van der Waals surface area contributed by atoms with Gasteiger partial charge >= 0.3 is 0 Å². The fourth-order valence-corrected chi connectivity index (χ4v) is 8.31. The summed E-state index contributed by atoms with van der Waals surface area (Å²) in [6, 6.07) is 2.91. The molecule has 1 N–H and O–H groups in total. The topological polar surface area (TPSA) is 139 Å². The molecule has 3 aromatic rings. The number of halogens is 2. The lowest BCUT2D eigenvalue weighted by Crippen LogP contribution is -2.39. The van der Waals surface area contributed by atoms with Gasteiger partial charge in [-0.2, -0.15) is 4.98 Å². The molecule has 2 atom stereocenters. The summed E-state index contributed by atoms with van der Waals surface area (Å²) < 4.78 is 12.6. The van der Waals surface area contributed by atoms with Gasteiger partial charge in [0.05, 0.1) is 42.4 Å². The number of amides is 2. The van der Waals surface area contributed by atoms with Gasteiger partial charge in [-0.1, -0.05) is 36.4 Å². The normalized spacial score (nSPS) is 19.4. The molecular formula is C38H45Cl2N7O6. The fourth-order valence-electron chi connectivity index (χ4n) is 7.61. The number of allylic oxidation sites excluding steroid dienone is 1. The number of carbonyl (C=O) groups excluding carboxylic acids is 3. The molecule has 2 aromatic heterocycles. The number of fused-ring (bicyclic) bond motifs is 1. The Morgan fingerprint density at radius 3 is 2.26 bits per heavy atom. The Hall–Kier alpha value is -4.46. The fraction of sp³-hybridized carbons (Fsp3) is 0.474. The highest BCUT2D eigenvalue weighted by molar-refractivity contribution is 6.41. The van der Waals surface area contributed by atoms with Crippen LogP contribution in [-0.2, 0) is 20.9 Å². The summed E-state index contributed by atoms with van der Waals surface area (Å²) in [7, 11) is 2.93. The van der Waals surface area contributed by atoms with E-state index in [-0.39, 0.29) is 86.1 Å². The van der Waals surface area contributed by atoms with Crippen molar-refractivity contribution in [3.63, 3.8) is 0 Å². The molecule has 3 saturated heterocycles. The predicted octanol–water partition coefficient (Wildman–Crippen LogP) is 4.69. The Kier molecular flexibility index (Phi) is 12.1. The Labute approximate surface area is 318 Å².